The molecule has 1 saturated heterocycles. The van der Waals surface area contributed by atoms with Crippen LogP contribution in [0.5, 0.6) is 0 Å². The molecule has 1 fully saturated rings. The Balaban J connectivity index is 1.82. The summed E-state index contributed by atoms with van der Waals surface area (Å²) in [6, 6.07) is 9.60. The maximum Gasteiger partial charge on any atom is 0.224 e. The number of benzene rings is 1. The van der Waals surface area contributed by atoms with Crippen LogP contribution < -0.4 is 5.32 Å². The molecule has 0 spiro atoms. The number of nitriles is 1. The van der Waals surface area contributed by atoms with E-state index >= 15 is 0 Å². The van der Waals surface area contributed by atoms with Crippen molar-refractivity contribution >= 4 is 23.4 Å². The number of hydrogen-bond donors (Lipinski definition) is 1. The van der Waals surface area contributed by atoms with Crippen molar-refractivity contribution < 1.29 is 4.79 Å². The second-order valence-electron chi connectivity index (χ2n) is 4.84. The molecule has 0 aliphatic carbocycles. The van der Waals surface area contributed by atoms with E-state index in [0.29, 0.717) is 18.8 Å². The van der Waals surface area contributed by atoms with E-state index in [1.54, 1.807) is 0 Å². The number of thioether (sulfide) groups is 1. The van der Waals surface area contributed by atoms with E-state index in [1.165, 1.54) is 11.5 Å². The van der Waals surface area contributed by atoms with E-state index < -0.39 is 0 Å². The predicted molar refractivity (Wildman–Crippen MR) is 79.1 cm³/mol. The van der Waals surface area contributed by atoms with Crippen molar-refractivity contribution in [2.75, 3.05) is 16.8 Å². The molecule has 0 aromatic heterocycles. The highest BCUT2D eigenvalue weighted by Gasteiger charge is 2.17. The van der Waals surface area contributed by atoms with Gasteiger partial charge < -0.3 is 5.32 Å². The average molecular weight is 274 g/mol. The molecule has 2 rings (SSSR count). The lowest BCUT2D eigenvalue weighted by molar-refractivity contribution is -0.117. The molecule has 3 nitrogen and oxygen atoms in total. The number of carbonyl (C=O) groups is 1. The van der Waals surface area contributed by atoms with Crippen molar-refractivity contribution in [3.8, 4) is 6.07 Å². The van der Waals surface area contributed by atoms with Gasteiger partial charge in [-0.15, -0.1) is 0 Å². The van der Waals surface area contributed by atoms with E-state index in [1.807, 2.05) is 36.0 Å². The lowest BCUT2D eigenvalue weighted by Crippen LogP contribution is -2.19. The van der Waals surface area contributed by atoms with Gasteiger partial charge >= 0.3 is 0 Å². The van der Waals surface area contributed by atoms with Crippen LogP contribution in [0.3, 0.4) is 0 Å². The van der Waals surface area contributed by atoms with Crippen molar-refractivity contribution in [3.63, 3.8) is 0 Å². The Morgan fingerprint density at radius 2 is 2.00 bits per heavy atom. The summed E-state index contributed by atoms with van der Waals surface area (Å²) >= 11 is 1.98. The van der Waals surface area contributed by atoms with E-state index in [-0.39, 0.29) is 5.91 Å². The maximum absolute atomic E-state index is 11.9. The molecule has 1 aliphatic rings. The minimum Gasteiger partial charge on any atom is -0.326 e. The van der Waals surface area contributed by atoms with Gasteiger partial charge in [-0.2, -0.15) is 17.0 Å². The first-order chi connectivity index (χ1) is 9.28. The third kappa shape index (κ3) is 4.60. The van der Waals surface area contributed by atoms with Gasteiger partial charge in [0.15, 0.2) is 0 Å². The topological polar surface area (TPSA) is 52.9 Å². The molecule has 0 atom stereocenters. The Labute approximate surface area is 118 Å². The fourth-order valence-electron chi connectivity index (χ4n) is 2.22. The molecule has 0 radical (unpaired) electrons. The van der Waals surface area contributed by atoms with E-state index in [2.05, 4.69) is 11.4 Å². The molecule has 0 unspecified atom stereocenters. The quantitative estimate of drug-likeness (QED) is 0.917. The second-order valence-corrected chi connectivity index (χ2v) is 6.06. The Morgan fingerprint density at radius 1 is 1.32 bits per heavy atom. The summed E-state index contributed by atoms with van der Waals surface area (Å²) in [6.07, 6.45) is 3.34. The van der Waals surface area contributed by atoms with Crippen molar-refractivity contribution in [1.29, 1.82) is 5.26 Å². The summed E-state index contributed by atoms with van der Waals surface area (Å²) in [4.78, 5) is 11.9. The third-order valence-corrected chi connectivity index (χ3v) is 4.38. The van der Waals surface area contributed by atoms with Crippen molar-refractivity contribution in [2.24, 2.45) is 5.92 Å². The lowest BCUT2D eigenvalue weighted by Gasteiger charge is -2.20. The number of nitrogens with one attached hydrogen (secondary N) is 1. The molecule has 4 heteroatoms. The first-order valence-electron chi connectivity index (χ1n) is 6.61. The van der Waals surface area contributed by atoms with Gasteiger partial charge in [-0.3, -0.25) is 4.79 Å². The van der Waals surface area contributed by atoms with Crippen molar-refractivity contribution in [2.45, 2.75) is 25.7 Å². The minimum atomic E-state index is 0.102. The van der Waals surface area contributed by atoms with Crippen LogP contribution in [0.25, 0.3) is 0 Å². The first-order valence-corrected chi connectivity index (χ1v) is 7.77. The highest BCUT2D eigenvalue weighted by atomic mass is 32.2. The molecule has 1 aromatic rings. The van der Waals surface area contributed by atoms with Crippen LogP contribution in [0.15, 0.2) is 24.3 Å². The lowest BCUT2D eigenvalue weighted by atomic mass is 9.98. The summed E-state index contributed by atoms with van der Waals surface area (Å²) in [5, 5.41) is 11.5. The van der Waals surface area contributed by atoms with Crippen LogP contribution in [0.2, 0.25) is 0 Å². The molecule has 1 heterocycles. The summed E-state index contributed by atoms with van der Waals surface area (Å²) in [5.41, 5.74) is 1.79. The van der Waals surface area contributed by atoms with Crippen molar-refractivity contribution in [3.05, 3.63) is 29.8 Å². The highest BCUT2D eigenvalue weighted by molar-refractivity contribution is 7.99. The highest BCUT2D eigenvalue weighted by Crippen LogP contribution is 2.25. The van der Waals surface area contributed by atoms with Crippen LogP contribution in [-0.2, 0) is 11.2 Å². The molecular formula is C15H18N2OS. The van der Waals surface area contributed by atoms with E-state index in [0.717, 1.165) is 24.1 Å². The summed E-state index contributed by atoms with van der Waals surface area (Å²) in [7, 11) is 0. The Hall–Kier alpha value is -1.47. The fourth-order valence-corrected chi connectivity index (χ4v) is 3.43. The molecule has 1 aliphatic heterocycles. The summed E-state index contributed by atoms with van der Waals surface area (Å²) in [5.74, 6) is 3.01. The van der Waals surface area contributed by atoms with Gasteiger partial charge in [-0.1, -0.05) is 12.1 Å². The minimum absolute atomic E-state index is 0.102. The standard InChI is InChI=1S/C15H18N2OS/c16-8-5-12-1-3-14(4-2-12)17-15(18)11-13-6-9-19-10-7-13/h1-4,13H,5-7,9-11H2,(H,17,18). The van der Waals surface area contributed by atoms with Crippen LogP contribution >= 0.6 is 11.8 Å². The van der Waals surface area contributed by atoms with Crippen LogP contribution in [-0.4, -0.2) is 17.4 Å². The van der Waals surface area contributed by atoms with Gasteiger partial charge in [0.2, 0.25) is 5.91 Å². The Kier molecular flexibility index (Phi) is 5.29. The average Bonchev–Trinajstić information content (AvgIpc) is 2.42. The molecule has 0 saturated carbocycles. The zero-order valence-corrected chi connectivity index (χ0v) is 11.7. The van der Waals surface area contributed by atoms with Gasteiger partial charge in [-0.25, -0.2) is 0 Å². The molecule has 0 bridgehead atoms. The van der Waals surface area contributed by atoms with Crippen LogP contribution in [0.1, 0.15) is 24.8 Å². The van der Waals surface area contributed by atoms with Gasteiger partial charge in [0.05, 0.1) is 12.5 Å². The smallest absolute Gasteiger partial charge is 0.224 e. The predicted octanol–water partition coefficient (Wildman–Crippen LogP) is 3.22. The van der Waals surface area contributed by atoms with Gasteiger partial charge in [0.1, 0.15) is 0 Å². The molecular weight excluding hydrogens is 256 g/mol. The van der Waals surface area contributed by atoms with Gasteiger partial charge in [-0.05, 0) is 48.0 Å². The SMILES string of the molecule is N#CCc1ccc(NC(=O)CC2CCSCC2)cc1. The zero-order chi connectivity index (χ0) is 13.5. The first kappa shape index (κ1) is 14.0. The third-order valence-electron chi connectivity index (χ3n) is 3.34. The zero-order valence-electron chi connectivity index (χ0n) is 10.9. The monoisotopic (exact) mass is 274 g/mol. The molecule has 1 aromatic carbocycles. The van der Waals surface area contributed by atoms with Gasteiger partial charge in [0.25, 0.3) is 0 Å². The Morgan fingerprint density at radius 3 is 2.63 bits per heavy atom. The number of nitrogens with zero attached hydrogens (tertiary/aromatic N) is 1. The van der Waals surface area contributed by atoms with E-state index in [9.17, 15) is 4.79 Å². The normalized spacial score (nSPS) is 15.7. The number of carbonyl (C=O) groups excluding carboxylic acids is 1. The molecule has 1 N–H and O–H groups in total. The maximum atomic E-state index is 11.9. The van der Waals surface area contributed by atoms with Crippen molar-refractivity contribution in [1.82, 2.24) is 0 Å². The number of amides is 1. The summed E-state index contributed by atoms with van der Waals surface area (Å²) < 4.78 is 0. The van der Waals surface area contributed by atoms with Crippen LogP contribution in [0, 0.1) is 17.2 Å². The largest absolute Gasteiger partial charge is 0.326 e. The van der Waals surface area contributed by atoms with E-state index in [4.69, 9.17) is 5.26 Å². The fraction of sp³-hybridized carbons (Fsp3) is 0.467. The number of hydrogen-bond acceptors (Lipinski definition) is 3. The Bertz CT molecular complexity index is 458. The van der Waals surface area contributed by atoms with Gasteiger partial charge in [0, 0.05) is 12.1 Å². The molecule has 100 valence electrons. The number of rotatable bonds is 4. The second kappa shape index (κ2) is 7.20. The molecule has 19 heavy (non-hydrogen) atoms. The van der Waals surface area contributed by atoms with Crippen LogP contribution in [0.4, 0.5) is 5.69 Å². The molecule has 1 amide bonds. The number of anilines is 1. The summed E-state index contributed by atoms with van der Waals surface area (Å²) in [6.45, 7) is 0.